The highest BCUT2D eigenvalue weighted by Crippen LogP contribution is 2.24. The molecule has 1 aromatic heterocycles. The van der Waals surface area contributed by atoms with Crippen LogP contribution in [-0.4, -0.2) is 47.3 Å². The molecule has 0 fully saturated rings. The number of primary amides is 1. The molecule has 0 bridgehead atoms. The second kappa shape index (κ2) is 12.2. The first-order chi connectivity index (χ1) is 16.7. The van der Waals surface area contributed by atoms with E-state index < -0.39 is 39.6 Å². The largest absolute Gasteiger partial charge is 0.418 e. The maximum absolute atomic E-state index is 12.5. The first-order valence-electron chi connectivity index (χ1n) is 11.0. The molecule has 0 saturated carbocycles. The van der Waals surface area contributed by atoms with Crippen LogP contribution in [-0.2, 0) is 25.2 Å². The average Bonchev–Trinajstić information content (AvgIpc) is 3.33. The van der Waals surface area contributed by atoms with Gasteiger partial charge in [0.15, 0.2) is 15.9 Å². The zero-order chi connectivity index (χ0) is 25.3. The van der Waals surface area contributed by atoms with Crippen LogP contribution in [0.25, 0.3) is 11.5 Å². The summed E-state index contributed by atoms with van der Waals surface area (Å²) in [5.74, 6) is -1.81. The van der Waals surface area contributed by atoms with E-state index in [1.54, 1.807) is 54.6 Å². The van der Waals surface area contributed by atoms with Crippen LogP contribution in [0, 0.1) is 6.42 Å². The molecule has 3 aromatic rings. The molecule has 10 nitrogen and oxygen atoms in total. The van der Waals surface area contributed by atoms with Crippen LogP contribution < -0.4 is 11.1 Å². The van der Waals surface area contributed by atoms with Crippen molar-refractivity contribution in [2.24, 2.45) is 5.73 Å². The zero-order valence-corrected chi connectivity index (χ0v) is 19.7. The van der Waals surface area contributed by atoms with Gasteiger partial charge in [-0.25, -0.2) is 8.42 Å². The van der Waals surface area contributed by atoms with E-state index in [-0.39, 0.29) is 36.8 Å². The van der Waals surface area contributed by atoms with Crippen molar-refractivity contribution in [3.63, 3.8) is 0 Å². The van der Waals surface area contributed by atoms with Gasteiger partial charge in [-0.15, -0.1) is 10.2 Å². The van der Waals surface area contributed by atoms with Crippen LogP contribution in [0.15, 0.2) is 65.1 Å². The number of aliphatic hydroxyl groups is 1. The Morgan fingerprint density at radius 3 is 2.37 bits per heavy atom. The molecule has 2 amide bonds. The first kappa shape index (κ1) is 26.0. The molecule has 0 aliphatic rings. The molecule has 2 atom stereocenters. The van der Waals surface area contributed by atoms with E-state index in [1.165, 1.54) is 0 Å². The molecule has 0 aliphatic heterocycles. The highest BCUT2D eigenvalue weighted by Gasteiger charge is 2.28. The van der Waals surface area contributed by atoms with Gasteiger partial charge in [0, 0.05) is 12.0 Å². The third-order valence-corrected chi connectivity index (χ3v) is 6.56. The number of carbonyl (C=O) groups excluding carboxylic acids is 2. The quantitative estimate of drug-likeness (QED) is 0.320. The summed E-state index contributed by atoms with van der Waals surface area (Å²) in [6.45, 7) is 0. The average molecular weight is 500 g/mol. The van der Waals surface area contributed by atoms with E-state index in [4.69, 9.17) is 10.2 Å². The number of rotatable bonds is 13. The van der Waals surface area contributed by atoms with Gasteiger partial charge in [-0.05, 0) is 30.5 Å². The van der Waals surface area contributed by atoms with E-state index in [1.807, 2.05) is 6.07 Å². The summed E-state index contributed by atoms with van der Waals surface area (Å²) in [6.07, 6.45) is 0.126. The number of aliphatic hydroxyl groups excluding tert-OH is 1. The summed E-state index contributed by atoms with van der Waals surface area (Å²) in [7, 11) is -3.57. The summed E-state index contributed by atoms with van der Waals surface area (Å²) < 4.78 is 30.4. The first-order valence-corrected chi connectivity index (χ1v) is 12.8. The molecule has 3 rings (SSSR count). The Kier molecular flexibility index (Phi) is 9.10. The Labute approximate surface area is 203 Å². The van der Waals surface area contributed by atoms with Crippen molar-refractivity contribution in [3.05, 3.63) is 78.5 Å². The van der Waals surface area contributed by atoms with Gasteiger partial charge < -0.3 is 20.6 Å². The van der Waals surface area contributed by atoms with Gasteiger partial charge in [0.05, 0.1) is 24.0 Å². The predicted octanol–water partition coefficient (Wildman–Crippen LogP) is 1.73. The van der Waals surface area contributed by atoms with Crippen LogP contribution in [0.2, 0.25) is 0 Å². The van der Waals surface area contributed by atoms with Crippen LogP contribution >= 0.6 is 0 Å². The molecule has 0 aliphatic carbocycles. The van der Waals surface area contributed by atoms with Gasteiger partial charge in [0.2, 0.25) is 23.6 Å². The standard InChI is InChI=1S/C24H27N4O6S/c25-20(29)13-7-12-19(22(31)24-28-27-23(34-24)18-10-5-2-6-11-18)26-21(30)14-15-35(32,33)16-17-8-3-1-4-9-17/h1-6,8-11,14,19,22,31H,7,12-13,15-16H2,(H2,25,29)(H,26,30). The van der Waals surface area contributed by atoms with Crippen molar-refractivity contribution in [3.8, 4) is 11.5 Å². The Morgan fingerprint density at radius 2 is 1.71 bits per heavy atom. The minimum Gasteiger partial charge on any atom is -0.418 e. The van der Waals surface area contributed by atoms with Crippen molar-refractivity contribution in [1.29, 1.82) is 0 Å². The number of amides is 2. The molecule has 1 radical (unpaired) electrons. The highest BCUT2D eigenvalue weighted by molar-refractivity contribution is 7.90. The van der Waals surface area contributed by atoms with E-state index in [9.17, 15) is 23.1 Å². The molecule has 35 heavy (non-hydrogen) atoms. The number of hydrogen-bond acceptors (Lipinski definition) is 8. The van der Waals surface area contributed by atoms with Gasteiger partial charge in [-0.2, -0.15) is 0 Å². The summed E-state index contributed by atoms with van der Waals surface area (Å²) in [4.78, 5) is 23.6. The van der Waals surface area contributed by atoms with E-state index in [2.05, 4.69) is 15.5 Å². The second-order valence-electron chi connectivity index (χ2n) is 7.97. The molecule has 0 spiro atoms. The predicted molar refractivity (Wildman–Crippen MR) is 128 cm³/mol. The Hall–Kier alpha value is -3.57. The minimum absolute atomic E-state index is 0.0490. The molecule has 4 N–H and O–H groups in total. The maximum Gasteiger partial charge on any atom is 0.247 e. The third kappa shape index (κ3) is 8.30. The monoisotopic (exact) mass is 499 g/mol. The summed E-state index contributed by atoms with van der Waals surface area (Å²) in [5.41, 5.74) is 6.47. The normalized spacial score (nSPS) is 13.2. The SMILES string of the molecule is NC(=O)CCCC(NC(=O)[CH]CS(=O)(=O)Cc1ccccc1)C(O)c1nnc(-c2ccccc2)o1. The number of nitrogens with one attached hydrogen (secondary N) is 1. The van der Waals surface area contributed by atoms with Crippen LogP contribution in [0.5, 0.6) is 0 Å². The number of carbonyl (C=O) groups is 2. The number of nitrogens with two attached hydrogens (primary N) is 1. The number of sulfone groups is 1. The van der Waals surface area contributed by atoms with Gasteiger partial charge in [0.1, 0.15) is 0 Å². The topological polar surface area (TPSA) is 165 Å². The number of hydrogen-bond donors (Lipinski definition) is 3. The number of nitrogens with zero attached hydrogens (tertiary/aromatic N) is 2. The second-order valence-corrected chi connectivity index (χ2v) is 10.1. The van der Waals surface area contributed by atoms with Crippen LogP contribution in [0.3, 0.4) is 0 Å². The van der Waals surface area contributed by atoms with E-state index in [0.717, 1.165) is 6.42 Å². The molecular weight excluding hydrogens is 472 g/mol. The van der Waals surface area contributed by atoms with Crippen molar-refractivity contribution in [1.82, 2.24) is 15.5 Å². The molecule has 1 heterocycles. The smallest absolute Gasteiger partial charge is 0.247 e. The van der Waals surface area contributed by atoms with Gasteiger partial charge in [0.25, 0.3) is 0 Å². The molecule has 0 saturated heterocycles. The number of benzene rings is 2. The third-order valence-electron chi connectivity index (χ3n) is 5.11. The maximum atomic E-state index is 12.5. The minimum atomic E-state index is -3.57. The van der Waals surface area contributed by atoms with Crippen molar-refractivity contribution in [2.75, 3.05) is 5.75 Å². The van der Waals surface area contributed by atoms with Crippen molar-refractivity contribution >= 4 is 21.7 Å². The molecule has 11 heteroatoms. The van der Waals surface area contributed by atoms with Gasteiger partial charge in [-0.3, -0.25) is 9.59 Å². The molecular formula is C24H27N4O6S. The van der Waals surface area contributed by atoms with Crippen LogP contribution in [0.1, 0.15) is 36.8 Å². The lowest BCUT2D eigenvalue weighted by Gasteiger charge is -2.21. The van der Waals surface area contributed by atoms with Crippen molar-refractivity contribution < 1.29 is 27.5 Å². The lowest BCUT2D eigenvalue weighted by atomic mass is 10.0. The Balaban J connectivity index is 1.64. The summed E-state index contributed by atoms with van der Waals surface area (Å²) in [5, 5.41) is 21.2. The lowest BCUT2D eigenvalue weighted by Crippen LogP contribution is -2.40. The Bertz CT molecular complexity index is 1220. The fourth-order valence-electron chi connectivity index (χ4n) is 3.36. The molecule has 2 aromatic carbocycles. The fourth-order valence-corrected chi connectivity index (χ4v) is 4.58. The van der Waals surface area contributed by atoms with Crippen molar-refractivity contribution in [2.45, 2.75) is 37.2 Å². The summed E-state index contributed by atoms with van der Waals surface area (Å²) in [6, 6.07) is 16.7. The van der Waals surface area contributed by atoms with E-state index >= 15 is 0 Å². The summed E-state index contributed by atoms with van der Waals surface area (Å²) >= 11 is 0. The van der Waals surface area contributed by atoms with Gasteiger partial charge >= 0.3 is 0 Å². The lowest BCUT2D eigenvalue weighted by molar-refractivity contribution is -0.119. The molecule has 2 unspecified atom stereocenters. The Morgan fingerprint density at radius 1 is 1.06 bits per heavy atom. The van der Waals surface area contributed by atoms with Crippen LogP contribution in [0.4, 0.5) is 0 Å². The number of aromatic nitrogens is 2. The zero-order valence-electron chi connectivity index (χ0n) is 18.9. The van der Waals surface area contributed by atoms with E-state index in [0.29, 0.717) is 11.1 Å². The molecule has 185 valence electrons. The fraction of sp³-hybridized carbons (Fsp3) is 0.292. The van der Waals surface area contributed by atoms with Gasteiger partial charge in [-0.1, -0.05) is 48.5 Å². The highest BCUT2D eigenvalue weighted by atomic mass is 32.2.